The number of fused-ring (bicyclic) bond motifs is 2. The van der Waals surface area contributed by atoms with Crippen LogP contribution in [-0.2, 0) is 12.8 Å². The van der Waals surface area contributed by atoms with Gasteiger partial charge in [-0.1, -0.05) is 13.8 Å². The minimum Gasteiger partial charge on any atom is -0.480 e. The summed E-state index contributed by atoms with van der Waals surface area (Å²) in [5.74, 6) is 0.931. The maximum atomic E-state index is 12.8. The number of ketones is 1. The van der Waals surface area contributed by atoms with Crippen molar-refractivity contribution in [1.29, 1.82) is 0 Å². The number of aromatic nitrogens is 8. The van der Waals surface area contributed by atoms with E-state index in [1.54, 1.807) is 42.3 Å². The molecule has 2 saturated carbocycles. The van der Waals surface area contributed by atoms with E-state index in [1.165, 1.54) is 17.8 Å². The van der Waals surface area contributed by atoms with Crippen LogP contribution in [0.3, 0.4) is 0 Å². The van der Waals surface area contributed by atoms with Gasteiger partial charge in [0.05, 0.1) is 43.4 Å². The molecule has 0 amide bonds. The fraction of sp³-hybridized carbons (Fsp3) is 0.415. The van der Waals surface area contributed by atoms with Crippen molar-refractivity contribution in [1.82, 2.24) is 39.2 Å². The topological polar surface area (TPSA) is 250 Å². The van der Waals surface area contributed by atoms with E-state index in [1.807, 2.05) is 38.1 Å². The van der Waals surface area contributed by atoms with Crippen LogP contribution >= 0.6 is 0 Å². The predicted molar refractivity (Wildman–Crippen MR) is 220 cm³/mol. The highest BCUT2D eigenvalue weighted by Crippen LogP contribution is 2.40. The van der Waals surface area contributed by atoms with Gasteiger partial charge in [-0.05, 0) is 88.6 Å². The Kier molecular flexibility index (Phi) is 13.3. The van der Waals surface area contributed by atoms with Crippen LogP contribution in [0, 0.1) is 0 Å². The van der Waals surface area contributed by atoms with E-state index < -0.39 is 11.6 Å². The molecular formula is C41H51N11O7. The number of aryl methyl sites for hydroxylation is 2. The molecule has 59 heavy (non-hydrogen) atoms. The van der Waals surface area contributed by atoms with E-state index >= 15 is 0 Å². The third-order valence-corrected chi connectivity index (χ3v) is 10.1. The van der Waals surface area contributed by atoms with Gasteiger partial charge in [-0.25, -0.2) is 33.8 Å². The summed E-state index contributed by atoms with van der Waals surface area (Å²) in [6.45, 7) is 4.62. The number of hydrogen-bond acceptors (Lipinski definition) is 15. The zero-order chi connectivity index (χ0) is 42.2. The van der Waals surface area contributed by atoms with Gasteiger partial charge in [0.15, 0.2) is 17.1 Å². The number of aliphatic hydroxyl groups is 2. The maximum Gasteiger partial charge on any atom is 0.341 e. The van der Waals surface area contributed by atoms with Crippen molar-refractivity contribution < 1.29 is 34.4 Å². The highest BCUT2D eigenvalue weighted by Gasteiger charge is 2.39. The molecule has 18 nitrogen and oxygen atoms in total. The second-order valence-electron chi connectivity index (χ2n) is 14.5. The van der Waals surface area contributed by atoms with E-state index in [2.05, 4.69) is 40.8 Å². The van der Waals surface area contributed by atoms with Crippen molar-refractivity contribution in [3.05, 3.63) is 83.7 Å². The summed E-state index contributed by atoms with van der Waals surface area (Å²) in [5, 5.41) is 43.1. The highest BCUT2D eigenvalue weighted by molar-refractivity contribution is 6.01. The van der Waals surface area contributed by atoms with Crippen LogP contribution in [0.15, 0.2) is 61.2 Å². The molecule has 0 bridgehead atoms. The lowest BCUT2D eigenvalue weighted by Gasteiger charge is -2.11. The molecule has 2 fully saturated rings. The molecule has 0 aromatic carbocycles. The summed E-state index contributed by atoms with van der Waals surface area (Å²) < 4.78 is 13.7. The number of carboxylic acids is 1. The Labute approximate surface area is 340 Å². The second-order valence-corrected chi connectivity index (χ2v) is 14.5. The van der Waals surface area contributed by atoms with Gasteiger partial charge < -0.3 is 41.2 Å². The maximum absolute atomic E-state index is 12.8. The van der Waals surface area contributed by atoms with Gasteiger partial charge >= 0.3 is 5.97 Å². The third-order valence-electron chi connectivity index (χ3n) is 10.1. The molecule has 0 atom stereocenters. The second kappa shape index (κ2) is 18.6. The lowest BCUT2D eigenvalue weighted by atomic mass is 10.1. The van der Waals surface area contributed by atoms with Gasteiger partial charge in [-0.15, -0.1) is 0 Å². The molecular weight excluding hydrogens is 759 g/mol. The van der Waals surface area contributed by atoms with E-state index in [9.17, 15) is 19.8 Å². The number of pyridine rings is 2. The molecule has 7 N–H and O–H groups in total. The largest absolute Gasteiger partial charge is 0.480 e. The molecule has 0 radical (unpaired) electrons. The number of carboxylic acid groups (broad SMARTS) is 1. The number of ether oxygens (including phenoxy) is 2. The van der Waals surface area contributed by atoms with E-state index in [0.717, 1.165) is 49.9 Å². The van der Waals surface area contributed by atoms with Crippen LogP contribution in [0.2, 0.25) is 0 Å². The number of rotatable bonds is 16. The number of nitrogens with one attached hydrogen (secondary N) is 2. The van der Waals surface area contributed by atoms with Gasteiger partial charge in [-0.3, -0.25) is 4.79 Å². The number of anilines is 4. The van der Waals surface area contributed by atoms with Crippen molar-refractivity contribution in [2.45, 2.75) is 89.3 Å². The molecule has 0 unspecified atom stereocenters. The van der Waals surface area contributed by atoms with Gasteiger partial charge in [0.2, 0.25) is 11.8 Å². The molecule has 2 aliphatic carbocycles. The zero-order valence-electron chi connectivity index (χ0n) is 33.7. The highest BCUT2D eigenvalue weighted by atomic mass is 16.5. The normalized spacial score (nSPS) is 14.4. The number of methoxy groups -OCH3 is 2. The first-order chi connectivity index (χ1) is 28.4. The van der Waals surface area contributed by atoms with Crippen LogP contribution in [0.1, 0.15) is 97.3 Å². The summed E-state index contributed by atoms with van der Waals surface area (Å²) in [6.07, 6.45) is 13.7. The molecule has 18 heteroatoms. The lowest BCUT2D eigenvalue weighted by molar-refractivity contribution is 0.0698. The average molecular weight is 810 g/mol. The molecule has 2 aliphatic rings. The van der Waals surface area contributed by atoms with Crippen molar-refractivity contribution in [3.8, 4) is 11.8 Å². The molecule has 312 valence electrons. The number of carbonyl (C=O) groups is 2. The van der Waals surface area contributed by atoms with E-state index in [0.29, 0.717) is 83.9 Å². The smallest absolute Gasteiger partial charge is 0.341 e. The SMILES string of the molecule is CCc1cc(Nc2cccnc2OC)nc2c(C(=O)CCCC3(O)CC3)cnn12.CCc1cc(Nc2cccnc2OC)nc2c(C(=O)O)cnn12.NCCC1(O)CC1. The Morgan fingerprint density at radius 2 is 1.25 bits per heavy atom. The molecule has 0 aliphatic heterocycles. The Hall–Kier alpha value is -6.24. The number of Topliss-reactive ketones (excluding diaryl/α,β-unsaturated/α-hetero) is 1. The Morgan fingerprint density at radius 1 is 0.780 bits per heavy atom. The van der Waals surface area contributed by atoms with Crippen molar-refractivity contribution in [2.24, 2.45) is 5.73 Å². The van der Waals surface area contributed by atoms with Crippen molar-refractivity contribution >= 4 is 46.1 Å². The predicted octanol–water partition coefficient (Wildman–Crippen LogP) is 5.31. The minimum absolute atomic E-state index is 0.00471. The lowest BCUT2D eigenvalue weighted by Crippen LogP contribution is -2.13. The third kappa shape index (κ3) is 10.4. The van der Waals surface area contributed by atoms with Crippen LogP contribution in [0.25, 0.3) is 11.3 Å². The first-order valence-electron chi connectivity index (χ1n) is 19.6. The monoisotopic (exact) mass is 809 g/mol. The Bertz CT molecular complexity index is 2410. The van der Waals surface area contributed by atoms with Crippen LogP contribution in [0.5, 0.6) is 11.8 Å². The first kappa shape index (κ1) is 42.4. The summed E-state index contributed by atoms with van der Waals surface area (Å²) in [6, 6.07) is 11.0. The minimum atomic E-state index is -1.06. The Morgan fingerprint density at radius 3 is 1.68 bits per heavy atom. The van der Waals surface area contributed by atoms with E-state index in [-0.39, 0.29) is 16.9 Å². The van der Waals surface area contributed by atoms with Gasteiger partial charge in [0.25, 0.3) is 0 Å². The molecule has 0 spiro atoms. The summed E-state index contributed by atoms with van der Waals surface area (Å²) in [5.41, 5.74) is 8.84. The molecule has 0 saturated heterocycles. The van der Waals surface area contributed by atoms with Crippen LogP contribution in [0.4, 0.5) is 23.0 Å². The van der Waals surface area contributed by atoms with E-state index in [4.69, 9.17) is 20.3 Å². The number of nitrogens with two attached hydrogens (primary N) is 1. The number of nitrogens with zero attached hydrogens (tertiary/aromatic N) is 8. The molecule has 8 rings (SSSR count). The fourth-order valence-electron chi connectivity index (χ4n) is 6.37. The number of carbonyl (C=O) groups excluding carboxylic acids is 1. The molecule has 6 aromatic rings. The standard InChI is InChI=1S/C21H25N5O3.C15H15N5O3.C5H11NO/c1-3-14-12-18(24-16-6-5-11-22-20(16)29-2)25-19-15(13-23-26(14)19)17(27)7-4-8-21(28)9-10-21;1-3-9-7-12(18-11-5-4-6-16-14(11)23-2)19-13-10(15(21)22)8-17-20(9)13;6-4-3-5(7)1-2-5/h5-6,11-13,28H,3-4,7-10H2,1-2H3,(H,24,25);4-8H,3H2,1-2H3,(H,18,19)(H,21,22);7H,1-4,6H2. The molecule has 6 aromatic heterocycles. The first-order valence-corrected chi connectivity index (χ1v) is 19.6. The molecule has 6 heterocycles. The quantitative estimate of drug-likeness (QED) is 0.0678. The van der Waals surface area contributed by atoms with Gasteiger partial charge in [0, 0.05) is 42.3 Å². The van der Waals surface area contributed by atoms with Crippen LogP contribution in [-0.4, -0.2) is 98.2 Å². The summed E-state index contributed by atoms with van der Waals surface area (Å²) >= 11 is 0. The number of hydrogen-bond donors (Lipinski definition) is 6. The summed E-state index contributed by atoms with van der Waals surface area (Å²) in [4.78, 5) is 41.4. The number of aromatic carboxylic acids is 1. The average Bonchev–Trinajstić information content (AvgIpc) is 4.03. The zero-order valence-corrected chi connectivity index (χ0v) is 33.7. The van der Waals surface area contributed by atoms with Crippen molar-refractivity contribution in [2.75, 3.05) is 31.4 Å². The van der Waals surface area contributed by atoms with Crippen molar-refractivity contribution in [3.63, 3.8) is 0 Å². The Balaban J connectivity index is 0.000000173. The van der Waals surface area contributed by atoms with Gasteiger partial charge in [-0.2, -0.15) is 10.2 Å². The summed E-state index contributed by atoms with van der Waals surface area (Å²) in [7, 11) is 3.09. The fourth-order valence-corrected chi connectivity index (χ4v) is 6.37. The van der Waals surface area contributed by atoms with Crippen LogP contribution < -0.4 is 25.8 Å². The van der Waals surface area contributed by atoms with Gasteiger partial charge in [0.1, 0.15) is 28.6 Å².